The lowest BCUT2D eigenvalue weighted by molar-refractivity contribution is 1.16. The van der Waals surface area contributed by atoms with Crippen molar-refractivity contribution in [1.82, 2.24) is 28.2 Å². The zero-order valence-corrected chi connectivity index (χ0v) is 41.1. The van der Waals surface area contributed by atoms with Gasteiger partial charge in [0.25, 0.3) is 0 Å². The van der Waals surface area contributed by atoms with Gasteiger partial charge in [-0.05, 0) is 120 Å². The first-order valence-corrected chi connectivity index (χ1v) is 25.9. The maximum atomic E-state index is 4.83. The van der Waals surface area contributed by atoms with Gasteiger partial charge in [-0.3, -0.25) is 9.97 Å². The summed E-state index contributed by atoms with van der Waals surface area (Å²) in [6, 6.07) is 88.2. The van der Waals surface area contributed by atoms with Crippen molar-refractivity contribution in [1.29, 1.82) is 0 Å². The van der Waals surface area contributed by atoms with Crippen LogP contribution in [0.25, 0.3) is 143 Å². The highest BCUT2D eigenvalue weighted by molar-refractivity contribution is 6.14. The molecule has 10 aromatic carbocycles. The molecule has 0 saturated carbocycles. The highest BCUT2D eigenvalue weighted by Gasteiger charge is 2.19. The number of pyridine rings is 2. The summed E-state index contributed by atoms with van der Waals surface area (Å²) in [5.74, 6) is 0. The Morgan fingerprint density at radius 3 is 0.776 bits per heavy atom. The molecule has 0 atom stereocenters. The summed E-state index contributed by atoms with van der Waals surface area (Å²) >= 11 is 0. The van der Waals surface area contributed by atoms with E-state index in [-0.39, 0.29) is 0 Å². The zero-order valence-electron chi connectivity index (χ0n) is 41.1. The van der Waals surface area contributed by atoms with E-state index in [1.807, 2.05) is 24.8 Å². The second-order valence-corrected chi connectivity index (χ2v) is 19.9. The Labute approximate surface area is 436 Å². The van der Waals surface area contributed by atoms with Gasteiger partial charge >= 0.3 is 0 Å². The molecular formula is C70H44N6. The quantitative estimate of drug-likeness (QED) is 0.160. The first-order chi connectivity index (χ1) is 37.7. The molecule has 6 heteroatoms. The number of benzene rings is 10. The SMILES string of the molecule is c1cc(-c2cncc(-c3cncc(-c4cccc(-n5c6ccccc6c6cc(-n7c8ccccc8c8ccccc87)ccc65)c4)c3)c2)cc(-n2c3ccccc3c3cc(-n4c5ccccc5c5ccccc54)ccc32)c1. The molecule has 6 heterocycles. The monoisotopic (exact) mass is 968 g/mol. The fourth-order valence-electron chi connectivity index (χ4n) is 12.3. The minimum atomic E-state index is 1.00. The lowest BCUT2D eigenvalue weighted by Crippen LogP contribution is -1.96. The molecule has 0 saturated heterocycles. The average molecular weight is 969 g/mol. The Morgan fingerprint density at radius 1 is 0.184 bits per heavy atom. The third kappa shape index (κ3) is 6.41. The van der Waals surface area contributed by atoms with Crippen molar-refractivity contribution < 1.29 is 0 Å². The van der Waals surface area contributed by atoms with Crippen LogP contribution in [0.3, 0.4) is 0 Å². The molecule has 0 amide bonds. The fourth-order valence-corrected chi connectivity index (χ4v) is 12.3. The second-order valence-electron chi connectivity index (χ2n) is 19.9. The van der Waals surface area contributed by atoms with E-state index < -0.39 is 0 Å². The van der Waals surface area contributed by atoms with Gasteiger partial charge in [-0.25, -0.2) is 0 Å². The fraction of sp³-hybridized carbons (Fsp3) is 0. The Bertz CT molecular complexity index is 4600. The van der Waals surface area contributed by atoms with Gasteiger partial charge in [-0.2, -0.15) is 0 Å². The summed E-state index contributed by atoms with van der Waals surface area (Å²) in [5.41, 5.74) is 20.2. The molecular weight excluding hydrogens is 925 g/mol. The lowest BCUT2D eigenvalue weighted by Gasteiger charge is -2.13. The summed E-state index contributed by atoms with van der Waals surface area (Å²) < 4.78 is 9.59. The molecule has 16 rings (SSSR count). The molecule has 0 bridgehead atoms. The summed E-state index contributed by atoms with van der Waals surface area (Å²) in [4.78, 5) is 9.65. The maximum Gasteiger partial charge on any atom is 0.0542 e. The van der Waals surface area contributed by atoms with Crippen molar-refractivity contribution in [2.24, 2.45) is 0 Å². The molecule has 0 N–H and O–H groups in total. The average Bonchev–Trinajstić information content (AvgIpc) is 4.29. The normalized spacial score (nSPS) is 11.9. The minimum absolute atomic E-state index is 1.00. The molecule has 0 aliphatic carbocycles. The van der Waals surface area contributed by atoms with Crippen LogP contribution >= 0.6 is 0 Å². The summed E-state index contributed by atoms with van der Waals surface area (Å²) in [7, 11) is 0. The number of fused-ring (bicyclic) bond motifs is 12. The molecule has 76 heavy (non-hydrogen) atoms. The molecule has 6 aromatic heterocycles. The van der Waals surface area contributed by atoms with Crippen LogP contribution < -0.4 is 0 Å². The van der Waals surface area contributed by atoms with E-state index in [4.69, 9.17) is 9.97 Å². The Morgan fingerprint density at radius 2 is 0.447 bits per heavy atom. The van der Waals surface area contributed by atoms with Crippen LogP contribution in [0.15, 0.2) is 267 Å². The number of aromatic nitrogens is 6. The Balaban J connectivity index is 0.745. The van der Waals surface area contributed by atoms with Crippen LogP contribution in [0, 0.1) is 0 Å². The second kappa shape index (κ2) is 16.6. The van der Waals surface area contributed by atoms with E-state index in [1.54, 1.807) is 0 Å². The van der Waals surface area contributed by atoms with E-state index in [1.165, 1.54) is 65.2 Å². The van der Waals surface area contributed by atoms with Crippen LogP contribution in [0.2, 0.25) is 0 Å². The zero-order chi connectivity index (χ0) is 49.8. The van der Waals surface area contributed by atoms with Crippen LogP contribution in [-0.4, -0.2) is 28.2 Å². The molecule has 0 unspecified atom stereocenters. The third-order valence-electron chi connectivity index (χ3n) is 15.7. The highest BCUT2D eigenvalue weighted by atomic mass is 15.0. The molecule has 0 radical (unpaired) electrons. The molecule has 354 valence electrons. The smallest absolute Gasteiger partial charge is 0.0542 e. The van der Waals surface area contributed by atoms with Gasteiger partial charge in [0.15, 0.2) is 0 Å². The van der Waals surface area contributed by atoms with Gasteiger partial charge in [0, 0.05) is 113 Å². The van der Waals surface area contributed by atoms with Gasteiger partial charge in [0.2, 0.25) is 0 Å². The van der Waals surface area contributed by atoms with Crippen molar-refractivity contribution in [3.8, 4) is 56.1 Å². The van der Waals surface area contributed by atoms with E-state index in [2.05, 4.69) is 261 Å². The number of rotatable bonds is 7. The van der Waals surface area contributed by atoms with Crippen LogP contribution in [-0.2, 0) is 0 Å². The predicted molar refractivity (Wildman–Crippen MR) is 316 cm³/mol. The lowest BCUT2D eigenvalue weighted by atomic mass is 10.00. The third-order valence-corrected chi connectivity index (χ3v) is 15.7. The highest BCUT2D eigenvalue weighted by Crippen LogP contribution is 2.40. The first kappa shape index (κ1) is 42.2. The van der Waals surface area contributed by atoms with Gasteiger partial charge in [0.1, 0.15) is 0 Å². The standard InChI is InChI=1S/C70H44N6/c1-7-25-63-55(19-1)56-20-2-8-26-64(56)75(63)53-31-33-69-61(39-53)59-23-5-11-29-67(59)73(69)51-17-13-15-45(37-51)47-35-49(43-71-41-47)50-36-48(42-72-44-50)46-16-14-18-52(38-46)74-68-30-12-6-24-60(68)62-40-54(32-34-70(62)74)76-65-27-9-3-21-57(65)58-22-4-10-28-66(58)76/h1-44H. The molecule has 0 aliphatic rings. The van der Waals surface area contributed by atoms with Crippen molar-refractivity contribution >= 4 is 87.2 Å². The van der Waals surface area contributed by atoms with Gasteiger partial charge in [0.05, 0.1) is 44.1 Å². The van der Waals surface area contributed by atoms with Gasteiger partial charge in [-0.15, -0.1) is 0 Å². The van der Waals surface area contributed by atoms with Crippen molar-refractivity contribution in [2.45, 2.75) is 0 Å². The Hall–Kier alpha value is -10.3. The summed E-state index contributed by atoms with van der Waals surface area (Å²) in [5, 5.41) is 9.88. The summed E-state index contributed by atoms with van der Waals surface area (Å²) in [6.07, 6.45) is 7.81. The molecule has 0 spiro atoms. The van der Waals surface area contributed by atoms with E-state index in [9.17, 15) is 0 Å². The summed E-state index contributed by atoms with van der Waals surface area (Å²) in [6.45, 7) is 0. The number of nitrogens with zero attached hydrogens (tertiary/aromatic N) is 6. The van der Waals surface area contributed by atoms with Crippen LogP contribution in [0.5, 0.6) is 0 Å². The predicted octanol–water partition coefficient (Wildman–Crippen LogP) is 17.9. The molecule has 0 aliphatic heterocycles. The van der Waals surface area contributed by atoms with Crippen LogP contribution in [0.1, 0.15) is 0 Å². The van der Waals surface area contributed by atoms with Crippen molar-refractivity contribution in [2.75, 3.05) is 0 Å². The number of hydrogen-bond donors (Lipinski definition) is 0. The van der Waals surface area contributed by atoms with E-state index in [0.29, 0.717) is 0 Å². The molecule has 0 fully saturated rings. The van der Waals surface area contributed by atoms with Crippen molar-refractivity contribution in [3.63, 3.8) is 0 Å². The van der Waals surface area contributed by atoms with E-state index >= 15 is 0 Å². The molecule has 6 nitrogen and oxygen atoms in total. The molecule has 16 aromatic rings. The number of hydrogen-bond acceptors (Lipinski definition) is 2. The van der Waals surface area contributed by atoms with Crippen LogP contribution in [0.4, 0.5) is 0 Å². The van der Waals surface area contributed by atoms with Gasteiger partial charge in [-0.1, -0.05) is 133 Å². The largest absolute Gasteiger partial charge is 0.309 e. The van der Waals surface area contributed by atoms with Gasteiger partial charge < -0.3 is 18.3 Å². The Kier molecular flexibility index (Phi) is 9.23. The topological polar surface area (TPSA) is 45.5 Å². The first-order valence-electron chi connectivity index (χ1n) is 25.9. The minimum Gasteiger partial charge on any atom is -0.309 e. The number of para-hydroxylation sites is 6. The van der Waals surface area contributed by atoms with E-state index in [0.717, 1.165) is 78.2 Å². The van der Waals surface area contributed by atoms with Crippen molar-refractivity contribution in [3.05, 3.63) is 267 Å². The maximum absolute atomic E-state index is 4.83.